The maximum absolute atomic E-state index is 13.2. The van der Waals surface area contributed by atoms with Crippen molar-refractivity contribution >= 4 is 21.8 Å². The summed E-state index contributed by atoms with van der Waals surface area (Å²) in [6.07, 6.45) is 0. The summed E-state index contributed by atoms with van der Waals surface area (Å²) in [6.45, 7) is 1.63. The molecule has 1 aromatic carbocycles. The van der Waals surface area contributed by atoms with E-state index >= 15 is 0 Å². The minimum Gasteiger partial charge on any atom is -0.365 e. The quantitative estimate of drug-likeness (QED) is 0.790. The highest BCUT2D eigenvalue weighted by Crippen LogP contribution is 2.21. The summed E-state index contributed by atoms with van der Waals surface area (Å²) in [6, 6.07) is 3.17. The molecular formula is C8H7BrFNO. The average molecular weight is 232 g/mol. The predicted octanol–water partition coefficient (Wildman–Crippen LogP) is 2.00. The molecule has 0 aliphatic carbocycles. The number of hydrogen-bond acceptors (Lipinski definition) is 1. The first kappa shape index (κ1) is 9.19. The molecule has 0 aliphatic heterocycles. The fourth-order valence-electron chi connectivity index (χ4n) is 0.950. The van der Waals surface area contributed by atoms with Crippen LogP contribution < -0.4 is 5.73 Å². The molecule has 0 spiro atoms. The van der Waals surface area contributed by atoms with Crippen LogP contribution in [0.1, 0.15) is 15.9 Å². The minimum atomic E-state index is -0.744. The van der Waals surface area contributed by atoms with Crippen LogP contribution in [0.3, 0.4) is 0 Å². The van der Waals surface area contributed by atoms with E-state index in [1.54, 1.807) is 13.0 Å². The van der Waals surface area contributed by atoms with Crippen LogP contribution in [0.2, 0.25) is 0 Å². The number of primary amides is 1. The number of aryl methyl sites for hydroxylation is 1. The average Bonchev–Trinajstić information content (AvgIpc) is 1.97. The second kappa shape index (κ2) is 3.23. The third kappa shape index (κ3) is 1.48. The standard InChI is InChI=1S/C8H7BrFNO/c1-4-2-3-5(9)7(10)6(4)8(11)12/h2-3H,1H3,(H2,11,12). The zero-order valence-electron chi connectivity index (χ0n) is 6.40. The molecule has 0 bridgehead atoms. The number of nitrogens with two attached hydrogens (primary N) is 1. The molecule has 1 aromatic rings. The van der Waals surface area contributed by atoms with Crippen molar-refractivity contribution in [3.63, 3.8) is 0 Å². The van der Waals surface area contributed by atoms with E-state index in [4.69, 9.17) is 5.73 Å². The first-order valence-electron chi connectivity index (χ1n) is 3.28. The molecule has 0 radical (unpaired) electrons. The lowest BCUT2D eigenvalue weighted by atomic mass is 10.1. The summed E-state index contributed by atoms with van der Waals surface area (Å²) >= 11 is 2.97. The Morgan fingerprint density at radius 1 is 1.58 bits per heavy atom. The van der Waals surface area contributed by atoms with E-state index in [9.17, 15) is 9.18 Å². The normalized spacial score (nSPS) is 9.92. The number of carbonyl (C=O) groups is 1. The van der Waals surface area contributed by atoms with Gasteiger partial charge in [-0.25, -0.2) is 4.39 Å². The topological polar surface area (TPSA) is 43.1 Å². The highest BCUT2D eigenvalue weighted by molar-refractivity contribution is 9.10. The van der Waals surface area contributed by atoms with E-state index in [0.717, 1.165) is 0 Å². The largest absolute Gasteiger partial charge is 0.365 e. The number of carbonyl (C=O) groups excluding carboxylic acids is 1. The Kier molecular flexibility index (Phi) is 2.47. The summed E-state index contributed by atoms with van der Waals surface area (Å²) in [5, 5.41) is 0. The number of benzene rings is 1. The summed E-state index contributed by atoms with van der Waals surface area (Å²) in [5.74, 6) is -1.34. The van der Waals surface area contributed by atoms with E-state index in [1.807, 2.05) is 0 Å². The van der Waals surface area contributed by atoms with Crippen molar-refractivity contribution in [3.8, 4) is 0 Å². The molecule has 0 aliphatic rings. The van der Waals surface area contributed by atoms with E-state index in [1.165, 1.54) is 6.07 Å². The smallest absolute Gasteiger partial charge is 0.251 e. The first-order chi connectivity index (χ1) is 5.54. The third-order valence-corrected chi connectivity index (χ3v) is 2.16. The van der Waals surface area contributed by atoms with Crippen molar-refractivity contribution in [1.82, 2.24) is 0 Å². The number of halogens is 2. The summed E-state index contributed by atoms with van der Waals surface area (Å²) < 4.78 is 13.4. The van der Waals surface area contributed by atoms with E-state index in [0.29, 0.717) is 5.56 Å². The van der Waals surface area contributed by atoms with Crippen molar-refractivity contribution in [1.29, 1.82) is 0 Å². The van der Waals surface area contributed by atoms with Crippen LogP contribution in [0.15, 0.2) is 16.6 Å². The van der Waals surface area contributed by atoms with Crippen molar-refractivity contribution < 1.29 is 9.18 Å². The van der Waals surface area contributed by atoms with Gasteiger partial charge >= 0.3 is 0 Å². The second-order valence-electron chi connectivity index (χ2n) is 2.42. The van der Waals surface area contributed by atoms with Gasteiger partial charge in [-0.15, -0.1) is 0 Å². The Hall–Kier alpha value is -0.900. The molecule has 4 heteroatoms. The fraction of sp³-hybridized carbons (Fsp3) is 0.125. The Morgan fingerprint density at radius 3 is 2.58 bits per heavy atom. The van der Waals surface area contributed by atoms with E-state index in [2.05, 4.69) is 15.9 Å². The molecule has 0 heterocycles. The zero-order chi connectivity index (χ0) is 9.30. The van der Waals surface area contributed by atoms with Gasteiger partial charge in [-0.3, -0.25) is 4.79 Å². The summed E-state index contributed by atoms with van der Waals surface area (Å²) in [4.78, 5) is 10.8. The highest BCUT2D eigenvalue weighted by atomic mass is 79.9. The number of hydrogen-bond donors (Lipinski definition) is 1. The van der Waals surface area contributed by atoms with Crippen LogP contribution in [0.4, 0.5) is 4.39 Å². The Morgan fingerprint density at radius 2 is 2.17 bits per heavy atom. The molecule has 0 unspecified atom stereocenters. The molecular weight excluding hydrogens is 225 g/mol. The summed E-state index contributed by atoms with van der Waals surface area (Å²) in [5.41, 5.74) is 5.48. The Labute approximate surface area is 77.7 Å². The molecule has 64 valence electrons. The van der Waals surface area contributed by atoms with Crippen molar-refractivity contribution in [2.24, 2.45) is 5.73 Å². The van der Waals surface area contributed by atoms with Gasteiger partial charge in [0.2, 0.25) is 0 Å². The van der Waals surface area contributed by atoms with Crippen LogP contribution >= 0.6 is 15.9 Å². The van der Waals surface area contributed by atoms with Crippen LogP contribution in [-0.4, -0.2) is 5.91 Å². The van der Waals surface area contributed by atoms with Crippen LogP contribution in [0.25, 0.3) is 0 Å². The number of amides is 1. The molecule has 2 nitrogen and oxygen atoms in total. The molecule has 0 saturated heterocycles. The monoisotopic (exact) mass is 231 g/mol. The molecule has 0 atom stereocenters. The van der Waals surface area contributed by atoms with Gasteiger partial charge in [0.1, 0.15) is 5.82 Å². The minimum absolute atomic E-state index is 0.0515. The Bertz CT molecular complexity index is 338. The Balaban J connectivity index is 3.43. The van der Waals surface area contributed by atoms with Gasteiger partial charge < -0.3 is 5.73 Å². The van der Waals surface area contributed by atoms with Crippen molar-refractivity contribution in [2.75, 3.05) is 0 Å². The van der Waals surface area contributed by atoms with Gasteiger partial charge in [-0.2, -0.15) is 0 Å². The van der Waals surface area contributed by atoms with Gasteiger partial charge in [-0.1, -0.05) is 6.07 Å². The van der Waals surface area contributed by atoms with Gasteiger partial charge in [0, 0.05) is 0 Å². The van der Waals surface area contributed by atoms with Crippen molar-refractivity contribution in [2.45, 2.75) is 6.92 Å². The van der Waals surface area contributed by atoms with Gasteiger partial charge in [0.05, 0.1) is 10.0 Å². The molecule has 0 fully saturated rings. The fourth-order valence-corrected chi connectivity index (χ4v) is 1.28. The second-order valence-corrected chi connectivity index (χ2v) is 3.27. The lowest BCUT2D eigenvalue weighted by molar-refractivity contribution is 0.0995. The van der Waals surface area contributed by atoms with E-state index in [-0.39, 0.29) is 10.0 Å². The van der Waals surface area contributed by atoms with Gasteiger partial charge in [-0.05, 0) is 34.5 Å². The van der Waals surface area contributed by atoms with E-state index < -0.39 is 11.7 Å². The first-order valence-corrected chi connectivity index (χ1v) is 4.07. The van der Waals surface area contributed by atoms with Crippen LogP contribution in [0, 0.1) is 12.7 Å². The van der Waals surface area contributed by atoms with Crippen LogP contribution in [-0.2, 0) is 0 Å². The maximum Gasteiger partial charge on any atom is 0.251 e. The molecule has 2 N–H and O–H groups in total. The van der Waals surface area contributed by atoms with Gasteiger partial charge in [0.15, 0.2) is 0 Å². The van der Waals surface area contributed by atoms with Crippen molar-refractivity contribution in [3.05, 3.63) is 33.5 Å². The lowest BCUT2D eigenvalue weighted by Crippen LogP contribution is -2.15. The molecule has 12 heavy (non-hydrogen) atoms. The molecule has 1 amide bonds. The molecule has 0 saturated carbocycles. The third-order valence-electron chi connectivity index (χ3n) is 1.55. The lowest BCUT2D eigenvalue weighted by Gasteiger charge is -2.03. The maximum atomic E-state index is 13.2. The van der Waals surface area contributed by atoms with Crippen LogP contribution in [0.5, 0.6) is 0 Å². The molecule has 0 aromatic heterocycles. The highest BCUT2D eigenvalue weighted by Gasteiger charge is 2.13. The molecule has 1 rings (SSSR count). The number of rotatable bonds is 1. The SMILES string of the molecule is Cc1ccc(Br)c(F)c1C(N)=O. The predicted molar refractivity (Wildman–Crippen MR) is 47.4 cm³/mol. The van der Waals surface area contributed by atoms with Gasteiger partial charge in [0.25, 0.3) is 5.91 Å². The summed E-state index contributed by atoms with van der Waals surface area (Å²) in [7, 11) is 0. The zero-order valence-corrected chi connectivity index (χ0v) is 7.98.